The molecule has 0 unspecified atom stereocenters. The van der Waals surface area contributed by atoms with Crippen molar-refractivity contribution >= 4 is 6.29 Å². The number of aldehydes is 1. The SMILES string of the molecule is O=Cc1cc(F)c(OCc2ccccc2)c(OCc2ccccc2)c1. The van der Waals surface area contributed by atoms with E-state index in [4.69, 9.17) is 9.47 Å². The summed E-state index contributed by atoms with van der Waals surface area (Å²) in [5, 5.41) is 0. The van der Waals surface area contributed by atoms with Gasteiger partial charge in [0.2, 0.25) is 0 Å². The lowest BCUT2D eigenvalue weighted by Crippen LogP contribution is -2.03. The summed E-state index contributed by atoms with van der Waals surface area (Å²) >= 11 is 0. The van der Waals surface area contributed by atoms with Crippen LogP contribution in [0, 0.1) is 5.82 Å². The van der Waals surface area contributed by atoms with Gasteiger partial charge >= 0.3 is 0 Å². The number of carbonyl (C=O) groups excluding carboxylic acids is 1. The van der Waals surface area contributed by atoms with Crippen molar-refractivity contribution in [3.63, 3.8) is 0 Å². The molecule has 0 aromatic heterocycles. The summed E-state index contributed by atoms with van der Waals surface area (Å²) < 4.78 is 25.7. The van der Waals surface area contributed by atoms with Gasteiger partial charge in [0.1, 0.15) is 19.5 Å². The molecule has 0 bridgehead atoms. The first-order valence-corrected chi connectivity index (χ1v) is 7.88. The average molecular weight is 336 g/mol. The van der Waals surface area contributed by atoms with Crippen molar-refractivity contribution in [3.05, 3.63) is 95.3 Å². The Labute approximate surface area is 145 Å². The van der Waals surface area contributed by atoms with Crippen LogP contribution in [0.15, 0.2) is 72.8 Å². The van der Waals surface area contributed by atoms with Crippen LogP contribution in [-0.2, 0) is 13.2 Å². The lowest BCUT2D eigenvalue weighted by Gasteiger charge is -2.14. The maximum absolute atomic E-state index is 14.4. The van der Waals surface area contributed by atoms with Gasteiger partial charge in [-0.05, 0) is 23.3 Å². The van der Waals surface area contributed by atoms with Crippen LogP contribution >= 0.6 is 0 Å². The molecule has 3 aromatic carbocycles. The standard InChI is InChI=1S/C21H17FO3/c22-19-11-18(13-23)12-20(24-14-16-7-3-1-4-8-16)21(19)25-15-17-9-5-2-6-10-17/h1-13H,14-15H2. The van der Waals surface area contributed by atoms with Gasteiger partial charge in [0.15, 0.2) is 17.3 Å². The van der Waals surface area contributed by atoms with E-state index in [1.165, 1.54) is 6.07 Å². The minimum atomic E-state index is -0.622. The molecule has 0 spiro atoms. The second-order valence-corrected chi connectivity index (χ2v) is 5.50. The van der Waals surface area contributed by atoms with Gasteiger partial charge in [-0.2, -0.15) is 0 Å². The predicted octanol–water partition coefficient (Wildman–Crippen LogP) is 4.80. The van der Waals surface area contributed by atoms with Crippen LogP contribution in [0.1, 0.15) is 21.5 Å². The van der Waals surface area contributed by atoms with Crippen LogP contribution in [-0.4, -0.2) is 6.29 Å². The predicted molar refractivity (Wildman–Crippen MR) is 93.3 cm³/mol. The first-order chi connectivity index (χ1) is 12.3. The summed E-state index contributed by atoms with van der Waals surface area (Å²) in [6, 6.07) is 21.6. The fourth-order valence-corrected chi connectivity index (χ4v) is 2.37. The van der Waals surface area contributed by atoms with Gasteiger partial charge in [0.25, 0.3) is 0 Å². The van der Waals surface area contributed by atoms with E-state index in [9.17, 15) is 9.18 Å². The maximum atomic E-state index is 14.4. The smallest absolute Gasteiger partial charge is 0.197 e. The van der Waals surface area contributed by atoms with E-state index in [2.05, 4.69) is 0 Å². The normalized spacial score (nSPS) is 10.3. The third kappa shape index (κ3) is 4.44. The molecular weight excluding hydrogens is 319 g/mol. The van der Waals surface area contributed by atoms with E-state index in [-0.39, 0.29) is 30.3 Å². The first-order valence-electron chi connectivity index (χ1n) is 7.88. The van der Waals surface area contributed by atoms with Gasteiger partial charge in [-0.25, -0.2) is 4.39 Å². The number of carbonyl (C=O) groups is 1. The fraction of sp³-hybridized carbons (Fsp3) is 0.0952. The zero-order valence-corrected chi connectivity index (χ0v) is 13.5. The van der Waals surface area contributed by atoms with E-state index in [1.54, 1.807) is 0 Å². The Hall–Kier alpha value is -3.14. The number of benzene rings is 3. The van der Waals surface area contributed by atoms with Gasteiger partial charge in [-0.1, -0.05) is 60.7 Å². The summed E-state index contributed by atoms with van der Waals surface area (Å²) in [6.45, 7) is 0.462. The van der Waals surface area contributed by atoms with Crippen LogP contribution in [0.2, 0.25) is 0 Å². The largest absolute Gasteiger partial charge is 0.485 e. The zero-order chi connectivity index (χ0) is 17.5. The van der Waals surface area contributed by atoms with Gasteiger partial charge in [0.05, 0.1) is 0 Å². The van der Waals surface area contributed by atoms with E-state index in [1.807, 2.05) is 60.7 Å². The Bertz CT molecular complexity index is 833. The van der Waals surface area contributed by atoms with Gasteiger partial charge in [0, 0.05) is 5.56 Å². The van der Waals surface area contributed by atoms with Crippen molar-refractivity contribution in [1.82, 2.24) is 0 Å². The molecule has 0 aliphatic heterocycles. The number of rotatable bonds is 7. The summed E-state index contributed by atoms with van der Waals surface area (Å²) in [5.74, 6) is -0.407. The molecule has 0 radical (unpaired) electrons. The highest BCUT2D eigenvalue weighted by atomic mass is 19.1. The van der Waals surface area contributed by atoms with Crippen molar-refractivity contribution in [2.24, 2.45) is 0 Å². The van der Waals surface area contributed by atoms with Crippen LogP contribution in [0.4, 0.5) is 4.39 Å². The van der Waals surface area contributed by atoms with Gasteiger partial charge in [-0.15, -0.1) is 0 Å². The molecule has 4 heteroatoms. The molecule has 0 atom stereocenters. The van der Waals surface area contributed by atoms with Gasteiger partial charge in [-0.3, -0.25) is 4.79 Å². The molecule has 0 saturated carbocycles. The molecule has 3 nitrogen and oxygen atoms in total. The Balaban J connectivity index is 1.81. The molecule has 126 valence electrons. The average Bonchev–Trinajstić information content (AvgIpc) is 2.67. The fourth-order valence-electron chi connectivity index (χ4n) is 2.37. The Kier molecular flexibility index (Phi) is 5.42. The van der Waals surface area contributed by atoms with Crippen LogP contribution in [0.25, 0.3) is 0 Å². The van der Waals surface area contributed by atoms with Crippen molar-refractivity contribution in [2.75, 3.05) is 0 Å². The molecule has 0 aliphatic carbocycles. The van der Waals surface area contributed by atoms with Crippen molar-refractivity contribution in [3.8, 4) is 11.5 Å². The van der Waals surface area contributed by atoms with E-state index in [0.29, 0.717) is 6.29 Å². The van der Waals surface area contributed by atoms with Crippen molar-refractivity contribution < 1.29 is 18.7 Å². The summed E-state index contributed by atoms with van der Waals surface area (Å²) in [7, 11) is 0. The van der Waals surface area contributed by atoms with Gasteiger partial charge < -0.3 is 9.47 Å². The third-order valence-electron chi connectivity index (χ3n) is 3.63. The summed E-state index contributed by atoms with van der Waals surface area (Å²) in [6.07, 6.45) is 0.583. The summed E-state index contributed by atoms with van der Waals surface area (Å²) in [5.41, 5.74) is 2.05. The molecule has 0 fully saturated rings. The Morgan fingerprint density at radius 3 is 1.92 bits per heavy atom. The van der Waals surface area contributed by atoms with Crippen LogP contribution in [0.3, 0.4) is 0 Å². The molecule has 0 N–H and O–H groups in total. The van der Waals surface area contributed by atoms with Crippen molar-refractivity contribution in [2.45, 2.75) is 13.2 Å². The summed E-state index contributed by atoms with van der Waals surface area (Å²) in [4.78, 5) is 11.0. The van der Waals surface area contributed by atoms with E-state index < -0.39 is 5.82 Å². The zero-order valence-electron chi connectivity index (χ0n) is 13.5. The lowest BCUT2D eigenvalue weighted by atomic mass is 10.2. The van der Waals surface area contributed by atoms with E-state index >= 15 is 0 Å². The molecule has 0 saturated heterocycles. The Morgan fingerprint density at radius 1 is 0.800 bits per heavy atom. The number of ether oxygens (including phenoxy) is 2. The van der Waals surface area contributed by atoms with Crippen molar-refractivity contribution in [1.29, 1.82) is 0 Å². The highest BCUT2D eigenvalue weighted by molar-refractivity contribution is 5.76. The van der Waals surface area contributed by atoms with Crippen LogP contribution in [0.5, 0.6) is 11.5 Å². The van der Waals surface area contributed by atoms with E-state index in [0.717, 1.165) is 17.2 Å². The molecule has 0 amide bonds. The molecular formula is C21H17FO3. The maximum Gasteiger partial charge on any atom is 0.197 e. The number of hydrogen-bond donors (Lipinski definition) is 0. The lowest BCUT2D eigenvalue weighted by molar-refractivity contribution is 0.112. The first kappa shape index (κ1) is 16.7. The molecule has 3 rings (SSSR count). The third-order valence-corrected chi connectivity index (χ3v) is 3.63. The second kappa shape index (κ2) is 8.11. The quantitative estimate of drug-likeness (QED) is 0.582. The minimum absolute atomic E-state index is 0.00499. The second-order valence-electron chi connectivity index (χ2n) is 5.50. The molecule has 25 heavy (non-hydrogen) atoms. The number of hydrogen-bond acceptors (Lipinski definition) is 3. The highest BCUT2D eigenvalue weighted by Crippen LogP contribution is 2.33. The Morgan fingerprint density at radius 2 is 1.36 bits per heavy atom. The highest BCUT2D eigenvalue weighted by Gasteiger charge is 2.14. The van der Waals surface area contributed by atoms with Crippen LogP contribution < -0.4 is 9.47 Å². The molecule has 0 heterocycles. The number of halogens is 1. The minimum Gasteiger partial charge on any atom is -0.485 e. The topological polar surface area (TPSA) is 35.5 Å². The molecule has 0 aliphatic rings. The monoisotopic (exact) mass is 336 g/mol. The molecule has 3 aromatic rings.